The summed E-state index contributed by atoms with van der Waals surface area (Å²) in [4.78, 5) is 0. The molecule has 0 atom stereocenters. The van der Waals surface area contributed by atoms with Crippen LogP contribution in [0.4, 0.5) is 5.69 Å². The van der Waals surface area contributed by atoms with Gasteiger partial charge in [0.05, 0.1) is 13.2 Å². The third-order valence-corrected chi connectivity index (χ3v) is 3.36. The summed E-state index contributed by atoms with van der Waals surface area (Å²) in [7, 11) is 0. The zero-order chi connectivity index (χ0) is 15.6. The molecular weight excluding hydrogens is 274 g/mol. The van der Waals surface area contributed by atoms with Crippen molar-refractivity contribution >= 4 is 5.69 Å². The Kier molecular flexibility index (Phi) is 6.62. The Morgan fingerprint density at radius 3 is 2.14 bits per heavy atom. The fourth-order valence-corrected chi connectivity index (χ4v) is 2.12. The molecule has 0 bridgehead atoms. The smallest absolute Gasteiger partial charge is 0.119 e. The van der Waals surface area contributed by atoms with Crippen LogP contribution in [0.3, 0.4) is 0 Å². The Morgan fingerprint density at radius 1 is 0.818 bits per heavy atom. The molecule has 0 amide bonds. The molecule has 2 aromatic carbocycles. The normalized spacial score (nSPS) is 10.3. The second kappa shape index (κ2) is 8.98. The van der Waals surface area contributed by atoms with Gasteiger partial charge in [0.2, 0.25) is 0 Å². The van der Waals surface area contributed by atoms with E-state index in [-0.39, 0.29) is 0 Å². The van der Waals surface area contributed by atoms with Gasteiger partial charge in [-0.1, -0.05) is 17.7 Å². The summed E-state index contributed by atoms with van der Waals surface area (Å²) in [5, 5.41) is 3.41. The SMILES string of the molecule is CCOc1ccc(NCCCCOc2ccc(C)cc2)cc1. The molecule has 0 unspecified atom stereocenters. The van der Waals surface area contributed by atoms with Gasteiger partial charge < -0.3 is 14.8 Å². The summed E-state index contributed by atoms with van der Waals surface area (Å²) >= 11 is 0. The number of benzene rings is 2. The van der Waals surface area contributed by atoms with E-state index in [0.717, 1.165) is 43.2 Å². The van der Waals surface area contributed by atoms with Gasteiger partial charge in [-0.15, -0.1) is 0 Å². The Bertz CT molecular complexity index is 534. The fraction of sp³-hybridized carbons (Fsp3) is 0.368. The Hall–Kier alpha value is -2.16. The molecule has 22 heavy (non-hydrogen) atoms. The molecule has 118 valence electrons. The first kappa shape index (κ1) is 16.2. The van der Waals surface area contributed by atoms with E-state index in [4.69, 9.17) is 9.47 Å². The number of anilines is 1. The maximum Gasteiger partial charge on any atom is 0.119 e. The Labute approximate surface area is 133 Å². The number of unbranched alkanes of at least 4 members (excludes halogenated alkanes) is 1. The lowest BCUT2D eigenvalue weighted by Crippen LogP contribution is -2.04. The molecule has 0 saturated carbocycles. The third kappa shape index (κ3) is 5.68. The predicted octanol–water partition coefficient (Wildman–Crippen LogP) is 4.66. The van der Waals surface area contributed by atoms with E-state index in [2.05, 4.69) is 24.4 Å². The highest BCUT2D eigenvalue weighted by Crippen LogP contribution is 2.16. The van der Waals surface area contributed by atoms with Crippen LogP contribution >= 0.6 is 0 Å². The summed E-state index contributed by atoms with van der Waals surface area (Å²) in [6.07, 6.45) is 2.12. The minimum absolute atomic E-state index is 0.702. The highest BCUT2D eigenvalue weighted by atomic mass is 16.5. The molecule has 3 nitrogen and oxygen atoms in total. The minimum Gasteiger partial charge on any atom is -0.494 e. The molecule has 0 aliphatic heterocycles. The van der Waals surface area contributed by atoms with Crippen LogP contribution in [0.1, 0.15) is 25.3 Å². The first-order valence-electron chi connectivity index (χ1n) is 7.94. The average Bonchev–Trinajstić information content (AvgIpc) is 2.54. The van der Waals surface area contributed by atoms with Crippen LogP contribution in [0.2, 0.25) is 0 Å². The number of aryl methyl sites for hydroxylation is 1. The highest BCUT2D eigenvalue weighted by Gasteiger charge is 1.96. The molecular formula is C19H25NO2. The van der Waals surface area contributed by atoms with Gasteiger partial charge in [0.1, 0.15) is 11.5 Å². The first-order chi connectivity index (χ1) is 10.8. The number of hydrogen-bond donors (Lipinski definition) is 1. The predicted molar refractivity (Wildman–Crippen MR) is 92.0 cm³/mol. The molecule has 3 heteroatoms. The van der Waals surface area contributed by atoms with E-state index in [0.29, 0.717) is 6.61 Å². The molecule has 0 fully saturated rings. The van der Waals surface area contributed by atoms with Crippen molar-refractivity contribution in [2.24, 2.45) is 0 Å². The number of hydrogen-bond acceptors (Lipinski definition) is 3. The van der Waals surface area contributed by atoms with Gasteiger partial charge in [-0.2, -0.15) is 0 Å². The summed E-state index contributed by atoms with van der Waals surface area (Å²) in [5.41, 5.74) is 2.38. The molecule has 1 N–H and O–H groups in total. The molecule has 2 aromatic rings. The fourth-order valence-electron chi connectivity index (χ4n) is 2.12. The zero-order valence-electron chi connectivity index (χ0n) is 13.5. The quantitative estimate of drug-likeness (QED) is 0.683. The van der Waals surface area contributed by atoms with Crippen molar-refractivity contribution in [1.29, 1.82) is 0 Å². The van der Waals surface area contributed by atoms with Crippen molar-refractivity contribution in [3.05, 3.63) is 54.1 Å². The van der Waals surface area contributed by atoms with E-state index in [1.54, 1.807) is 0 Å². The molecule has 2 rings (SSSR count). The summed E-state index contributed by atoms with van der Waals surface area (Å²) < 4.78 is 11.1. The third-order valence-electron chi connectivity index (χ3n) is 3.36. The lowest BCUT2D eigenvalue weighted by molar-refractivity contribution is 0.308. The standard InChI is InChI=1S/C19H25NO2/c1-3-21-18-12-8-17(9-13-18)20-14-4-5-15-22-19-10-6-16(2)7-11-19/h6-13,20H,3-5,14-15H2,1-2H3. The van der Waals surface area contributed by atoms with Gasteiger partial charge in [0.25, 0.3) is 0 Å². The molecule has 0 aromatic heterocycles. The summed E-state index contributed by atoms with van der Waals surface area (Å²) in [6, 6.07) is 16.3. The largest absolute Gasteiger partial charge is 0.494 e. The Morgan fingerprint density at radius 2 is 1.45 bits per heavy atom. The van der Waals surface area contributed by atoms with Gasteiger partial charge in [-0.05, 0) is 63.1 Å². The van der Waals surface area contributed by atoms with E-state index in [9.17, 15) is 0 Å². The van der Waals surface area contributed by atoms with Crippen molar-refractivity contribution in [3.8, 4) is 11.5 Å². The van der Waals surface area contributed by atoms with Crippen LogP contribution in [-0.4, -0.2) is 19.8 Å². The van der Waals surface area contributed by atoms with Crippen molar-refractivity contribution < 1.29 is 9.47 Å². The molecule has 0 radical (unpaired) electrons. The van der Waals surface area contributed by atoms with Crippen molar-refractivity contribution in [2.45, 2.75) is 26.7 Å². The van der Waals surface area contributed by atoms with Crippen LogP contribution < -0.4 is 14.8 Å². The molecule has 0 spiro atoms. The minimum atomic E-state index is 0.702. The zero-order valence-corrected chi connectivity index (χ0v) is 13.5. The number of rotatable bonds is 9. The Balaban J connectivity index is 1.58. The lowest BCUT2D eigenvalue weighted by Gasteiger charge is -2.09. The van der Waals surface area contributed by atoms with Crippen molar-refractivity contribution in [2.75, 3.05) is 25.1 Å². The van der Waals surface area contributed by atoms with E-state index >= 15 is 0 Å². The maximum absolute atomic E-state index is 5.71. The summed E-state index contributed by atoms with van der Waals surface area (Å²) in [6.45, 7) is 6.48. The first-order valence-corrected chi connectivity index (χ1v) is 7.94. The van der Waals surface area contributed by atoms with Crippen LogP contribution in [0, 0.1) is 6.92 Å². The summed E-state index contributed by atoms with van der Waals surface area (Å²) in [5.74, 6) is 1.87. The van der Waals surface area contributed by atoms with Crippen LogP contribution in [-0.2, 0) is 0 Å². The van der Waals surface area contributed by atoms with Gasteiger partial charge in [0, 0.05) is 12.2 Å². The van der Waals surface area contributed by atoms with Crippen LogP contribution in [0.25, 0.3) is 0 Å². The number of nitrogens with one attached hydrogen (secondary N) is 1. The van der Waals surface area contributed by atoms with E-state index < -0.39 is 0 Å². The van der Waals surface area contributed by atoms with Crippen LogP contribution in [0.5, 0.6) is 11.5 Å². The number of ether oxygens (including phenoxy) is 2. The molecule has 0 saturated heterocycles. The monoisotopic (exact) mass is 299 g/mol. The second-order valence-corrected chi connectivity index (χ2v) is 5.25. The van der Waals surface area contributed by atoms with Gasteiger partial charge in [0.15, 0.2) is 0 Å². The molecule has 0 aliphatic rings. The highest BCUT2D eigenvalue weighted by molar-refractivity contribution is 5.46. The average molecular weight is 299 g/mol. The lowest BCUT2D eigenvalue weighted by atomic mass is 10.2. The van der Waals surface area contributed by atoms with E-state index in [1.807, 2.05) is 43.3 Å². The molecule has 0 aliphatic carbocycles. The topological polar surface area (TPSA) is 30.5 Å². The van der Waals surface area contributed by atoms with Gasteiger partial charge >= 0.3 is 0 Å². The van der Waals surface area contributed by atoms with Crippen molar-refractivity contribution in [3.63, 3.8) is 0 Å². The van der Waals surface area contributed by atoms with Gasteiger partial charge in [-0.3, -0.25) is 0 Å². The maximum atomic E-state index is 5.71. The van der Waals surface area contributed by atoms with Crippen LogP contribution in [0.15, 0.2) is 48.5 Å². The second-order valence-electron chi connectivity index (χ2n) is 5.25. The van der Waals surface area contributed by atoms with Crippen molar-refractivity contribution in [1.82, 2.24) is 0 Å². The molecule has 0 heterocycles. The van der Waals surface area contributed by atoms with Gasteiger partial charge in [-0.25, -0.2) is 0 Å². The van der Waals surface area contributed by atoms with E-state index in [1.165, 1.54) is 5.56 Å².